The number of amides is 1. The summed E-state index contributed by atoms with van der Waals surface area (Å²) in [6, 6.07) is 13.4. The first-order chi connectivity index (χ1) is 11.5. The number of benzene rings is 2. The Balaban J connectivity index is 1.77. The van der Waals surface area contributed by atoms with E-state index in [1.165, 1.54) is 0 Å². The number of hydrogen-bond acceptors (Lipinski definition) is 2. The van der Waals surface area contributed by atoms with Crippen molar-refractivity contribution >= 4 is 17.5 Å². The van der Waals surface area contributed by atoms with Gasteiger partial charge in [0, 0.05) is 29.2 Å². The van der Waals surface area contributed by atoms with E-state index >= 15 is 0 Å². The van der Waals surface area contributed by atoms with E-state index in [2.05, 4.69) is 13.8 Å². The fourth-order valence-electron chi connectivity index (χ4n) is 2.90. The van der Waals surface area contributed by atoms with Crippen molar-refractivity contribution in [2.45, 2.75) is 26.8 Å². The maximum absolute atomic E-state index is 12.8. The lowest BCUT2D eigenvalue weighted by molar-refractivity contribution is 0.0725. The summed E-state index contributed by atoms with van der Waals surface area (Å²) in [6.07, 6.45) is 0.822. The third-order valence-electron chi connectivity index (χ3n) is 4.14. The molecule has 0 saturated carbocycles. The molecule has 24 heavy (non-hydrogen) atoms. The second-order valence-electron chi connectivity index (χ2n) is 6.59. The summed E-state index contributed by atoms with van der Waals surface area (Å²) >= 11 is 5.92. The molecular weight excluding hydrogens is 322 g/mol. The number of halogens is 1. The zero-order valence-corrected chi connectivity index (χ0v) is 14.8. The van der Waals surface area contributed by atoms with E-state index in [4.69, 9.17) is 16.3 Å². The summed E-state index contributed by atoms with van der Waals surface area (Å²) in [5.41, 5.74) is 2.88. The minimum atomic E-state index is 0.0706. The van der Waals surface area contributed by atoms with E-state index in [1.807, 2.05) is 47.4 Å². The summed E-state index contributed by atoms with van der Waals surface area (Å²) < 4.78 is 5.90. The van der Waals surface area contributed by atoms with Crippen molar-refractivity contribution in [2.75, 3.05) is 13.2 Å². The van der Waals surface area contributed by atoms with Crippen LogP contribution in [0.15, 0.2) is 42.5 Å². The zero-order valence-electron chi connectivity index (χ0n) is 14.1. The van der Waals surface area contributed by atoms with Gasteiger partial charge in [-0.2, -0.15) is 0 Å². The van der Waals surface area contributed by atoms with Crippen molar-refractivity contribution in [3.05, 3.63) is 64.2 Å². The van der Waals surface area contributed by atoms with E-state index in [0.717, 1.165) is 28.9 Å². The Labute approximate surface area is 148 Å². The monoisotopic (exact) mass is 343 g/mol. The first-order valence-electron chi connectivity index (χ1n) is 8.33. The minimum absolute atomic E-state index is 0.0706. The number of carbonyl (C=O) groups excluding carboxylic acids is 1. The number of ether oxygens (including phenoxy) is 1. The third-order valence-corrected chi connectivity index (χ3v) is 4.39. The van der Waals surface area contributed by atoms with Crippen molar-refractivity contribution in [1.82, 2.24) is 4.90 Å². The van der Waals surface area contributed by atoms with Crippen LogP contribution in [0.5, 0.6) is 5.75 Å². The van der Waals surface area contributed by atoms with E-state index in [9.17, 15) is 4.79 Å². The van der Waals surface area contributed by atoms with Crippen molar-refractivity contribution in [3.63, 3.8) is 0 Å². The van der Waals surface area contributed by atoms with Crippen LogP contribution in [0.4, 0.5) is 0 Å². The molecule has 0 fully saturated rings. The predicted molar refractivity (Wildman–Crippen MR) is 96.7 cm³/mol. The molecule has 1 heterocycles. The van der Waals surface area contributed by atoms with Crippen LogP contribution in [0.3, 0.4) is 0 Å². The summed E-state index contributed by atoms with van der Waals surface area (Å²) in [5, 5.41) is 0.709. The van der Waals surface area contributed by atoms with Crippen LogP contribution in [0, 0.1) is 5.92 Å². The molecular formula is C20H22ClNO2. The van der Waals surface area contributed by atoms with E-state index in [1.54, 1.807) is 0 Å². The van der Waals surface area contributed by atoms with Gasteiger partial charge in [0.1, 0.15) is 5.75 Å². The van der Waals surface area contributed by atoms with Gasteiger partial charge >= 0.3 is 0 Å². The highest BCUT2D eigenvalue weighted by Crippen LogP contribution is 2.29. The lowest BCUT2D eigenvalue weighted by Gasteiger charge is -2.30. The summed E-state index contributed by atoms with van der Waals surface area (Å²) in [6.45, 7) is 6.21. The van der Waals surface area contributed by atoms with Crippen molar-refractivity contribution in [2.24, 2.45) is 5.92 Å². The summed E-state index contributed by atoms with van der Waals surface area (Å²) in [5.74, 6) is 1.38. The molecule has 0 bridgehead atoms. The quantitative estimate of drug-likeness (QED) is 0.795. The Bertz CT molecular complexity index is 725. The molecule has 0 radical (unpaired) electrons. The fraction of sp³-hybridized carbons (Fsp3) is 0.350. The third kappa shape index (κ3) is 3.73. The molecule has 0 saturated heterocycles. The van der Waals surface area contributed by atoms with Crippen LogP contribution in [-0.4, -0.2) is 24.0 Å². The van der Waals surface area contributed by atoms with Gasteiger partial charge in [-0.05, 0) is 42.2 Å². The fourth-order valence-corrected chi connectivity index (χ4v) is 3.02. The van der Waals surface area contributed by atoms with Gasteiger partial charge in [0.25, 0.3) is 5.91 Å². The maximum Gasteiger partial charge on any atom is 0.254 e. The molecule has 126 valence electrons. The Morgan fingerprint density at radius 1 is 1.17 bits per heavy atom. The van der Waals surface area contributed by atoms with Gasteiger partial charge in [0.2, 0.25) is 0 Å². The van der Waals surface area contributed by atoms with Crippen LogP contribution in [-0.2, 0) is 13.0 Å². The first-order valence-corrected chi connectivity index (χ1v) is 8.71. The Kier molecular flexibility index (Phi) is 5.10. The van der Waals surface area contributed by atoms with E-state index < -0.39 is 0 Å². The van der Waals surface area contributed by atoms with Crippen LogP contribution >= 0.6 is 11.6 Å². The molecule has 0 N–H and O–H groups in total. The smallest absolute Gasteiger partial charge is 0.254 e. The maximum atomic E-state index is 12.8. The molecule has 1 aliphatic rings. The summed E-state index contributed by atoms with van der Waals surface area (Å²) in [4.78, 5) is 14.7. The first kappa shape index (κ1) is 16.8. The molecule has 0 spiro atoms. The Morgan fingerprint density at radius 3 is 2.62 bits per heavy atom. The lowest BCUT2D eigenvalue weighted by atomic mass is 9.97. The minimum Gasteiger partial charge on any atom is -0.493 e. The predicted octanol–water partition coefficient (Wildman–Crippen LogP) is 4.57. The Hall–Kier alpha value is -2.00. The zero-order chi connectivity index (χ0) is 17.1. The molecule has 4 heteroatoms. The van der Waals surface area contributed by atoms with E-state index in [-0.39, 0.29) is 5.91 Å². The molecule has 3 rings (SSSR count). The second-order valence-corrected chi connectivity index (χ2v) is 7.03. The molecule has 3 nitrogen and oxygen atoms in total. The van der Waals surface area contributed by atoms with Crippen molar-refractivity contribution in [1.29, 1.82) is 0 Å². The van der Waals surface area contributed by atoms with Gasteiger partial charge < -0.3 is 9.64 Å². The molecule has 2 aromatic rings. The molecule has 2 aromatic carbocycles. The normalized spacial score (nSPS) is 14.0. The average Bonchev–Trinajstić information content (AvgIpc) is 2.57. The van der Waals surface area contributed by atoms with Crippen LogP contribution in [0.1, 0.15) is 35.3 Å². The Morgan fingerprint density at radius 2 is 1.92 bits per heavy atom. The number of fused-ring (bicyclic) bond motifs is 1. The van der Waals surface area contributed by atoms with Crippen molar-refractivity contribution in [3.8, 4) is 5.75 Å². The van der Waals surface area contributed by atoms with Gasteiger partial charge in [-0.15, -0.1) is 0 Å². The molecule has 0 atom stereocenters. The highest BCUT2D eigenvalue weighted by atomic mass is 35.5. The van der Waals surface area contributed by atoms with Gasteiger partial charge in [0.15, 0.2) is 0 Å². The molecule has 0 aromatic heterocycles. The summed E-state index contributed by atoms with van der Waals surface area (Å²) in [7, 11) is 0. The highest BCUT2D eigenvalue weighted by molar-refractivity contribution is 6.30. The van der Waals surface area contributed by atoms with Crippen LogP contribution in [0.2, 0.25) is 5.02 Å². The second kappa shape index (κ2) is 7.27. The molecule has 1 amide bonds. The van der Waals surface area contributed by atoms with Gasteiger partial charge in [-0.1, -0.05) is 43.6 Å². The largest absolute Gasteiger partial charge is 0.493 e. The molecule has 0 unspecified atom stereocenters. The van der Waals surface area contributed by atoms with Crippen LogP contribution < -0.4 is 4.74 Å². The standard InChI is InChI=1S/C20H22ClNO2/c1-14(2)13-24-19-5-3-4-18-17(19)10-11-22(20(18)23)12-15-6-8-16(21)9-7-15/h3-9,14H,10-13H2,1-2H3. The molecule has 0 aliphatic carbocycles. The highest BCUT2D eigenvalue weighted by Gasteiger charge is 2.26. The lowest BCUT2D eigenvalue weighted by Crippen LogP contribution is -2.37. The average molecular weight is 344 g/mol. The number of rotatable bonds is 5. The van der Waals surface area contributed by atoms with Gasteiger partial charge in [-0.3, -0.25) is 4.79 Å². The molecule has 1 aliphatic heterocycles. The topological polar surface area (TPSA) is 29.5 Å². The van der Waals surface area contributed by atoms with E-state index in [0.29, 0.717) is 30.6 Å². The van der Waals surface area contributed by atoms with Crippen molar-refractivity contribution < 1.29 is 9.53 Å². The number of hydrogen-bond donors (Lipinski definition) is 0. The SMILES string of the molecule is CC(C)COc1cccc2c1CCN(Cc1ccc(Cl)cc1)C2=O. The van der Waals surface area contributed by atoms with Gasteiger partial charge in [0.05, 0.1) is 6.61 Å². The van der Waals surface area contributed by atoms with Gasteiger partial charge in [-0.25, -0.2) is 0 Å². The number of carbonyl (C=O) groups is 1. The number of nitrogens with zero attached hydrogens (tertiary/aromatic N) is 1. The van der Waals surface area contributed by atoms with Crippen LogP contribution in [0.25, 0.3) is 0 Å².